The molecular formula is C15H21N3O. The van der Waals surface area contributed by atoms with Crippen molar-refractivity contribution in [1.82, 2.24) is 9.78 Å². The van der Waals surface area contributed by atoms with Crippen molar-refractivity contribution in [2.75, 3.05) is 6.61 Å². The van der Waals surface area contributed by atoms with Crippen LogP contribution in [-0.2, 0) is 13.1 Å². The van der Waals surface area contributed by atoms with Gasteiger partial charge in [-0.05, 0) is 37.6 Å². The summed E-state index contributed by atoms with van der Waals surface area (Å²) in [6, 6.07) is 10.0. The van der Waals surface area contributed by atoms with Crippen molar-refractivity contribution in [2.45, 2.75) is 33.4 Å². The van der Waals surface area contributed by atoms with Crippen molar-refractivity contribution >= 4 is 0 Å². The summed E-state index contributed by atoms with van der Waals surface area (Å²) in [6.07, 6.45) is 0.939. The smallest absolute Gasteiger partial charge is 0.119 e. The lowest BCUT2D eigenvalue weighted by Crippen LogP contribution is -2.07. The Morgan fingerprint density at radius 3 is 2.79 bits per heavy atom. The van der Waals surface area contributed by atoms with Crippen molar-refractivity contribution in [3.8, 4) is 5.75 Å². The van der Waals surface area contributed by atoms with Gasteiger partial charge in [-0.15, -0.1) is 0 Å². The minimum Gasteiger partial charge on any atom is -0.494 e. The van der Waals surface area contributed by atoms with Crippen LogP contribution in [0.2, 0.25) is 0 Å². The molecule has 2 N–H and O–H groups in total. The fourth-order valence-electron chi connectivity index (χ4n) is 2.07. The van der Waals surface area contributed by atoms with Gasteiger partial charge >= 0.3 is 0 Å². The molecule has 0 saturated carbocycles. The molecule has 0 amide bonds. The number of rotatable bonds is 6. The topological polar surface area (TPSA) is 53.1 Å². The molecule has 0 radical (unpaired) electrons. The highest BCUT2D eigenvalue weighted by Gasteiger charge is 2.01. The lowest BCUT2D eigenvalue weighted by molar-refractivity contribution is 0.297. The number of hydrogen-bond donors (Lipinski definition) is 1. The highest BCUT2D eigenvalue weighted by molar-refractivity contribution is 5.28. The summed E-state index contributed by atoms with van der Waals surface area (Å²) in [6.45, 7) is 6.20. The van der Waals surface area contributed by atoms with Gasteiger partial charge in [0.15, 0.2) is 0 Å². The first-order chi connectivity index (χ1) is 9.19. The van der Waals surface area contributed by atoms with E-state index in [-0.39, 0.29) is 0 Å². The quantitative estimate of drug-likeness (QED) is 0.811. The van der Waals surface area contributed by atoms with Crippen molar-refractivity contribution in [3.05, 3.63) is 47.3 Å². The minimum atomic E-state index is 0.545. The first-order valence-electron chi connectivity index (χ1n) is 6.62. The third kappa shape index (κ3) is 3.83. The van der Waals surface area contributed by atoms with Crippen LogP contribution in [0.15, 0.2) is 30.3 Å². The Hall–Kier alpha value is -1.81. The van der Waals surface area contributed by atoms with Crippen LogP contribution in [-0.4, -0.2) is 16.4 Å². The van der Waals surface area contributed by atoms with E-state index in [2.05, 4.69) is 18.1 Å². The van der Waals surface area contributed by atoms with Gasteiger partial charge in [0.25, 0.3) is 0 Å². The van der Waals surface area contributed by atoms with Gasteiger partial charge in [0.1, 0.15) is 5.75 Å². The molecule has 4 heteroatoms. The lowest BCUT2D eigenvalue weighted by atomic mass is 10.2. The average Bonchev–Trinajstić information content (AvgIpc) is 2.73. The Morgan fingerprint density at radius 1 is 1.26 bits per heavy atom. The number of nitrogens with two attached hydrogens (primary N) is 1. The van der Waals surface area contributed by atoms with Crippen LogP contribution in [0.3, 0.4) is 0 Å². The lowest BCUT2D eigenvalue weighted by Gasteiger charge is -2.08. The van der Waals surface area contributed by atoms with Crippen LogP contribution in [0.4, 0.5) is 0 Å². The standard InChI is InChI=1S/C15H21N3O/c1-12-9-13(2)18(17-12)7-4-8-19-15-6-3-5-14(10-15)11-16/h3,5-6,9-10H,4,7-8,11,16H2,1-2H3. The van der Waals surface area contributed by atoms with Crippen LogP contribution in [0, 0.1) is 13.8 Å². The summed E-state index contributed by atoms with van der Waals surface area (Å²) in [7, 11) is 0. The van der Waals surface area contributed by atoms with Crippen LogP contribution in [0.25, 0.3) is 0 Å². The zero-order valence-corrected chi connectivity index (χ0v) is 11.6. The molecule has 102 valence electrons. The number of aryl methyl sites for hydroxylation is 3. The van der Waals surface area contributed by atoms with Gasteiger partial charge in [0.2, 0.25) is 0 Å². The SMILES string of the molecule is Cc1cc(C)n(CCCOc2cccc(CN)c2)n1. The van der Waals surface area contributed by atoms with E-state index in [4.69, 9.17) is 10.5 Å². The first-order valence-corrected chi connectivity index (χ1v) is 6.62. The monoisotopic (exact) mass is 259 g/mol. The van der Waals surface area contributed by atoms with Gasteiger partial charge in [-0.3, -0.25) is 4.68 Å². The summed E-state index contributed by atoms with van der Waals surface area (Å²) in [4.78, 5) is 0. The van der Waals surface area contributed by atoms with E-state index in [0.29, 0.717) is 13.2 Å². The van der Waals surface area contributed by atoms with Crippen molar-refractivity contribution < 1.29 is 4.74 Å². The molecule has 1 aromatic heterocycles. The van der Waals surface area contributed by atoms with Gasteiger partial charge in [0.05, 0.1) is 12.3 Å². The molecule has 19 heavy (non-hydrogen) atoms. The van der Waals surface area contributed by atoms with Crippen LogP contribution < -0.4 is 10.5 Å². The molecule has 0 aliphatic heterocycles. The van der Waals surface area contributed by atoms with Gasteiger partial charge in [0, 0.05) is 25.2 Å². The minimum absolute atomic E-state index is 0.545. The second kappa shape index (κ2) is 6.38. The second-order valence-corrected chi connectivity index (χ2v) is 4.70. The van der Waals surface area contributed by atoms with Crippen molar-refractivity contribution in [3.63, 3.8) is 0 Å². The zero-order chi connectivity index (χ0) is 13.7. The van der Waals surface area contributed by atoms with E-state index in [1.807, 2.05) is 35.9 Å². The molecule has 1 heterocycles. The number of aromatic nitrogens is 2. The normalized spacial score (nSPS) is 10.7. The Kier molecular flexibility index (Phi) is 4.58. The first kappa shape index (κ1) is 13.6. The molecule has 4 nitrogen and oxygen atoms in total. The number of hydrogen-bond acceptors (Lipinski definition) is 3. The van der Waals surface area contributed by atoms with E-state index in [0.717, 1.165) is 30.0 Å². The zero-order valence-electron chi connectivity index (χ0n) is 11.6. The average molecular weight is 259 g/mol. The van der Waals surface area contributed by atoms with E-state index in [1.54, 1.807) is 0 Å². The molecule has 2 rings (SSSR count). The van der Waals surface area contributed by atoms with E-state index in [1.165, 1.54) is 5.69 Å². The van der Waals surface area contributed by atoms with Gasteiger partial charge in [-0.1, -0.05) is 12.1 Å². The summed E-state index contributed by atoms with van der Waals surface area (Å²) in [5.74, 6) is 0.885. The predicted octanol–water partition coefficient (Wildman–Crippen LogP) is 2.43. The van der Waals surface area contributed by atoms with Crippen LogP contribution in [0.5, 0.6) is 5.75 Å². The van der Waals surface area contributed by atoms with Gasteiger partial charge in [-0.2, -0.15) is 5.10 Å². The molecule has 0 fully saturated rings. The fraction of sp³-hybridized carbons (Fsp3) is 0.400. The summed E-state index contributed by atoms with van der Waals surface area (Å²) in [5, 5.41) is 4.43. The summed E-state index contributed by atoms with van der Waals surface area (Å²) in [5.41, 5.74) is 8.96. The van der Waals surface area contributed by atoms with Gasteiger partial charge < -0.3 is 10.5 Å². The molecule has 0 aliphatic carbocycles. The Bertz CT molecular complexity index is 534. The van der Waals surface area contributed by atoms with Crippen molar-refractivity contribution in [2.24, 2.45) is 5.73 Å². The van der Waals surface area contributed by atoms with E-state index >= 15 is 0 Å². The predicted molar refractivity (Wildman–Crippen MR) is 76.1 cm³/mol. The maximum absolute atomic E-state index is 5.72. The summed E-state index contributed by atoms with van der Waals surface area (Å²) >= 11 is 0. The fourth-order valence-corrected chi connectivity index (χ4v) is 2.07. The van der Waals surface area contributed by atoms with Gasteiger partial charge in [-0.25, -0.2) is 0 Å². The molecule has 2 aromatic rings. The largest absolute Gasteiger partial charge is 0.494 e. The third-order valence-corrected chi connectivity index (χ3v) is 3.02. The maximum Gasteiger partial charge on any atom is 0.119 e. The highest BCUT2D eigenvalue weighted by atomic mass is 16.5. The molecule has 0 aliphatic rings. The molecule has 0 saturated heterocycles. The Balaban J connectivity index is 1.79. The number of ether oxygens (including phenoxy) is 1. The van der Waals surface area contributed by atoms with E-state index < -0.39 is 0 Å². The van der Waals surface area contributed by atoms with Crippen molar-refractivity contribution in [1.29, 1.82) is 0 Å². The Labute approximate surface area is 114 Å². The van der Waals surface area contributed by atoms with Crippen LogP contribution in [0.1, 0.15) is 23.4 Å². The highest BCUT2D eigenvalue weighted by Crippen LogP contribution is 2.13. The third-order valence-electron chi connectivity index (χ3n) is 3.02. The number of nitrogens with zero attached hydrogens (tertiary/aromatic N) is 2. The molecule has 0 atom stereocenters. The van der Waals surface area contributed by atoms with Crippen LogP contribution >= 0.6 is 0 Å². The molecular weight excluding hydrogens is 238 g/mol. The molecule has 0 unspecified atom stereocenters. The Morgan fingerprint density at radius 2 is 2.11 bits per heavy atom. The summed E-state index contributed by atoms with van der Waals surface area (Å²) < 4.78 is 7.74. The van der Waals surface area contributed by atoms with E-state index in [9.17, 15) is 0 Å². The molecule has 0 bridgehead atoms. The molecule has 0 spiro atoms. The molecule has 1 aromatic carbocycles. The number of benzene rings is 1. The maximum atomic E-state index is 5.72. The second-order valence-electron chi connectivity index (χ2n) is 4.70.